The number of hydrogen-bond acceptors (Lipinski definition) is 2. The largest absolute Gasteiger partial charge is 0.480 e. The maximum absolute atomic E-state index is 10.8. The van der Waals surface area contributed by atoms with Crippen LogP contribution in [0.3, 0.4) is 0 Å². The van der Waals surface area contributed by atoms with E-state index in [-0.39, 0.29) is 0 Å². The van der Waals surface area contributed by atoms with Crippen LogP contribution in [0.2, 0.25) is 0 Å². The second-order valence-corrected chi connectivity index (χ2v) is 6.36. The van der Waals surface area contributed by atoms with Crippen LogP contribution >= 0.6 is 0 Å². The van der Waals surface area contributed by atoms with Crippen molar-refractivity contribution in [3.05, 3.63) is 0 Å². The molecule has 0 saturated heterocycles. The average molecular weight is 253 g/mol. The van der Waals surface area contributed by atoms with E-state index in [1.807, 2.05) is 0 Å². The molecule has 0 spiro atoms. The summed E-state index contributed by atoms with van der Waals surface area (Å²) < 4.78 is 0. The molecule has 0 aromatic heterocycles. The van der Waals surface area contributed by atoms with Gasteiger partial charge in [-0.15, -0.1) is 0 Å². The molecule has 2 rings (SSSR count). The lowest BCUT2D eigenvalue weighted by Gasteiger charge is -2.36. The second kappa shape index (κ2) is 6.55. The minimum atomic E-state index is -0.843. The smallest absolute Gasteiger partial charge is 0.320 e. The zero-order valence-electron chi connectivity index (χ0n) is 11.3. The molecule has 104 valence electrons. The van der Waals surface area contributed by atoms with E-state index in [0.717, 1.165) is 11.8 Å². The van der Waals surface area contributed by atoms with Crippen LogP contribution in [-0.4, -0.2) is 17.1 Å². The fourth-order valence-corrected chi connectivity index (χ4v) is 3.96. The van der Waals surface area contributed by atoms with Crippen molar-refractivity contribution in [1.29, 1.82) is 0 Å². The van der Waals surface area contributed by atoms with Crippen molar-refractivity contribution in [2.75, 3.05) is 0 Å². The molecule has 0 bridgehead atoms. The third-order valence-electron chi connectivity index (χ3n) is 5.11. The second-order valence-electron chi connectivity index (χ2n) is 6.36. The Morgan fingerprint density at radius 3 is 2.11 bits per heavy atom. The molecule has 0 aliphatic heterocycles. The molecule has 0 heterocycles. The maximum Gasteiger partial charge on any atom is 0.320 e. The predicted octanol–water partition coefficient (Wildman–Crippen LogP) is 3.18. The van der Waals surface area contributed by atoms with Crippen LogP contribution in [0, 0.1) is 17.8 Å². The molecular formula is C15H27NO2. The highest BCUT2D eigenvalue weighted by molar-refractivity contribution is 5.73. The Morgan fingerprint density at radius 1 is 1.00 bits per heavy atom. The number of rotatable bonds is 4. The van der Waals surface area contributed by atoms with E-state index in [4.69, 9.17) is 10.8 Å². The summed E-state index contributed by atoms with van der Waals surface area (Å²) in [5.74, 6) is 1.59. The molecule has 2 fully saturated rings. The van der Waals surface area contributed by atoms with Crippen LogP contribution in [0.25, 0.3) is 0 Å². The number of carbonyl (C=O) groups is 1. The highest BCUT2D eigenvalue weighted by Gasteiger charge is 2.29. The van der Waals surface area contributed by atoms with Gasteiger partial charge in [-0.05, 0) is 37.0 Å². The van der Waals surface area contributed by atoms with Gasteiger partial charge in [0.15, 0.2) is 0 Å². The highest BCUT2D eigenvalue weighted by atomic mass is 16.4. The molecule has 18 heavy (non-hydrogen) atoms. The van der Waals surface area contributed by atoms with Crippen molar-refractivity contribution in [2.24, 2.45) is 23.5 Å². The van der Waals surface area contributed by atoms with Crippen molar-refractivity contribution >= 4 is 5.97 Å². The van der Waals surface area contributed by atoms with Crippen LogP contribution in [0.15, 0.2) is 0 Å². The van der Waals surface area contributed by atoms with Crippen LogP contribution < -0.4 is 5.73 Å². The predicted molar refractivity (Wildman–Crippen MR) is 72.3 cm³/mol. The molecule has 0 amide bonds. The van der Waals surface area contributed by atoms with E-state index in [0.29, 0.717) is 12.3 Å². The first-order valence-electron chi connectivity index (χ1n) is 7.65. The van der Waals surface area contributed by atoms with Gasteiger partial charge in [0.25, 0.3) is 0 Å². The SMILES string of the molecule is N[C@@H](CC1CCC(C2CCCCC2)CC1)C(=O)O. The monoisotopic (exact) mass is 253 g/mol. The Balaban J connectivity index is 1.72. The van der Waals surface area contributed by atoms with Crippen molar-refractivity contribution in [1.82, 2.24) is 0 Å². The molecule has 0 aromatic carbocycles. The maximum atomic E-state index is 10.8. The molecular weight excluding hydrogens is 226 g/mol. The summed E-state index contributed by atoms with van der Waals surface area (Å²) in [5, 5.41) is 8.84. The summed E-state index contributed by atoms with van der Waals surface area (Å²) in [6.07, 6.45) is 12.8. The molecule has 3 nitrogen and oxygen atoms in total. The fraction of sp³-hybridized carbons (Fsp3) is 0.933. The van der Waals surface area contributed by atoms with Gasteiger partial charge in [0.2, 0.25) is 0 Å². The summed E-state index contributed by atoms with van der Waals surface area (Å²) in [5.41, 5.74) is 5.63. The fourth-order valence-electron chi connectivity index (χ4n) is 3.96. The number of hydrogen-bond donors (Lipinski definition) is 2. The minimum absolute atomic E-state index is 0.552. The first kappa shape index (κ1) is 13.9. The van der Waals surface area contributed by atoms with Crippen LogP contribution in [-0.2, 0) is 4.79 Å². The molecule has 2 saturated carbocycles. The molecule has 2 aliphatic carbocycles. The highest BCUT2D eigenvalue weighted by Crippen LogP contribution is 2.40. The van der Waals surface area contributed by atoms with Gasteiger partial charge in [0, 0.05) is 0 Å². The van der Waals surface area contributed by atoms with E-state index in [1.165, 1.54) is 57.8 Å². The van der Waals surface area contributed by atoms with Gasteiger partial charge in [-0.25, -0.2) is 0 Å². The summed E-state index contributed by atoms with van der Waals surface area (Å²) >= 11 is 0. The standard InChI is InChI=1S/C15H27NO2/c16-14(15(17)18)10-11-6-8-13(9-7-11)12-4-2-1-3-5-12/h11-14H,1-10,16H2,(H,17,18)/t11?,13?,14-/m0/s1. The number of carboxylic acid groups (broad SMARTS) is 1. The zero-order valence-corrected chi connectivity index (χ0v) is 11.3. The molecule has 0 radical (unpaired) electrons. The molecule has 1 atom stereocenters. The summed E-state index contributed by atoms with van der Waals surface area (Å²) in [6.45, 7) is 0. The molecule has 3 heteroatoms. The van der Waals surface area contributed by atoms with Crippen LogP contribution in [0.5, 0.6) is 0 Å². The van der Waals surface area contributed by atoms with Crippen molar-refractivity contribution in [2.45, 2.75) is 70.3 Å². The molecule has 2 aliphatic rings. The Hall–Kier alpha value is -0.570. The van der Waals surface area contributed by atoms with Crippen LogP contribution in [0.1, 0.15) is 64.2 Å². The quantitative estimate of drug-likeness (QED) is 0.809. The van der Waals surface area contributed by atoms with Gasteiger partial charge in [0.1, 0.15) is 6.04 Å². The van der Waals surface area contributed by atoms with Crippen molar-refractivity contribution < 1.29 is 9.90 Å². The zero-order chi connectivity index (χ0) is 13.0. The average Bonchev–Trinajstić information content (AvgIpc) is 2.40. The van der Waals surface area contributed by atoms with E-state index in [1.54, 1.807) is 0 Å². The van der Waals surface area contributed by atoms with Crippen molar-refractivity contribution in [3.8, 4) is 0 Å². The lowest BCUT2D eigenvalue weighted by Crippen LogP contribution is -2.34. The molecule has 3 N–H and O–H groups in total. The summed E-state index contributed by atoms with van der Waals surface area (Å²) in [6, 6.07) is -0.652. The van der Waals surface area contributed by atoms with Crippen LogP contribution in [0.4, 0.5) is 0 Å². The normalized spacial score (nSPS) is 32.1. The lowest BCUT2D eigenvalue weighted by molar-refractivity contribution is -0.139. The van der Waals surface area contributed by atoms with Gasteiger partial charge < -0.3 is 10.8 Å². The number of nitrogens with two attached hydrogens (primary N) is 1. The van der Waals surface area contributed by atoms with E-state index in [2.05, 4.69) is 0 Å². The summed E-state index contributed by atoms with van der Waals surface area (Å²) in [4.78, 5) is 10.8. The first-order chi connectivity index (χ1) is 8.66. The molecule has 0 unspecified atom stereocenters. The lowest BCUT2D eigenvalue weighted by atomic mass is 9.70. The van der Waals surface area contributed by atoms with E-state index < -0.39 is 12.0 Å². The number of aliphatic carboxylic acids is 1. The van der Waals surface area contributed by atoms with Gasteiger partial charge in [-0.2, -0.15) is 0 Å². The van der Waals surface area contributed by atoms with Gasteiger partial charge in [0.05, 0.1) is 0 Å². The van der Waals surface area contributed by atoms with Gasteiger partial charge in [-0.3, -0.25) is 4.79 Å². The Kier molecular flexibility index (Phi) is 5.04. The Morgan fingerprint density at radius 2 is 1.56 bits per heavy atom. The third-order valence-corrected chi connectivity index (χ3v) is 5.11. The third kappa shape index (κ3) is 3.71. The minimum Gasteiger partial charge on any atom is -0.480 e. The number of carboxylic acids is 1. The van der Waals surface area contributed by atoms with Crippen molar-refractivity contribution in [3.63, 3.8) is 0 Å². The Labute approximate surface area is 110 Å². The Bertz CT molecular complexity index is 266. The van der Waals surface area contributed by atoms with Gasteiger partial charge >= 0.3 is 5.97 Å². The first-order valence-corrected chi connectivity index (χ1v) is 7.65. The van der Waals surface area contributed by atoms with E-state index >= 15 is 0 Å². The van der Waals surface area contributed by atoms with E-state index in [9.17, 15) is 4.79 Å². The van der Waals surface area contributed by atoms with Gasteiger partial charge in [-0.1, -0.05) is 44.9 Å². The summed E-state index contributed by atoms with van der Waals surface area (Å²) in [7, 11) is 0. The topological polar surface area (TPSA) is 63.3 Å². The molecule has 0 aromatic rings.